The summed E-state index contributed by atoms with van der Waals surface area (Å²) in [6.45, 7) is 6.38. The van der Waals surface area contributed by atoms with Crippen molar-refractivity contribution in [2.24, 2.45) is 0 Å². The number of hydrogen-bond donors (Lipinski definition) is 0. The van der Waals surface area contributed by atoms with Crippen molar-refractivity contribution in [3.8, 4) is 0 Å². The maximum absolute atomic E-state index is 12.6. The molecule has 0 rings (SSSR count). The predicted octanol–water partition coefficient (Wildman–Crippen LogP) is 13.2. The van der Waals surface area contributed by atoms with Gasteiger partial charge in [-0.2, -0.15) is 0 Å². The lowest BCUT2D eigenvalue weighted by atomic mass is 10.0. The molecule has 0 heterocycles. The van der Waals surface area contributed by atoms with Crippen LogP contribution in [0, 0.1) is 0 Å². The molecule has 0 aliphatic heterocycles. The maximum Gasteiger partial charge on any atom is 0.306 e. The van der Waals surface area contributed by atoms with Crippen molar-refractivity contribution in [2.75, 3.05) is 13.2 Å². The fourth-order valence-electron chi connectivity index (χ4n) is 5.69. The van der Waals surface area contributed by atoms with Gasteiger partial charge in [0.25, 0.3) is 0 Å². The summed E-state index contributed by atoms with van der Waals surface area (Å²) in [7, 11) is 0. The zero-order valence-electron chi connectivity index (χ0n) is 33.4. The highest BCUT2D eigenvalue weighted by atomic mass is 16.6. The van der Waals surface area contributed by atoms with E-state index in [1.165, 1.54) is 89.9 Å². The Balaban J connectivity index is 4.38. The maximum atomic E-state index is 12.6. The normalized spacial score (nSPS) is 12.5. The Bertz CT molecular complexity index is 918. The van der Waals surface area contributed by atoms with E-state index < -0.39 is 12.1 Å². The van der Waals surface area contributed by atoms with E-state index >= 15 is 0 Å². The average molecular weight is 715 g/mol. The van der Waals surface area contributed by atoms with Crippen molar-refractivity contribution in [3.05, 3.63) is 48.6 Å². The zero-order valence-corrected chi connectivity index (χ0v) is 33.4. The second kappa shape index (κ2) is 40.1. The molecule has 0 radical (unpaired) electrons. The van der Waals surface area contributed by atoms with E-state index in [-0.39, 0.29) is 31.6 Å². The Morgan fingerprint density at radius 1 is 0.412 bits per heavy atom. The summed E-state index contributed by atoms with van der Waals surface area (Å²) < 4.78 is 16.5. The lowest BCUT2D eigenvalue weighted by Crippen LogP contribution is -2.30. The third kappa shape index (κ3) is 38.4. The van der Waals surface area contributed by atoms with Gasteiger partial charge in [-0.1, -0.05) is 185 Å². The van der Waals surface area contributed by atoms with Gasteiger partial charge in [-0.3, -0.25) is 14.4 Å². The highest BCUT2D eigenvalue weighted by Gasteiger charge is 2.19. The van der Waals surface area contributed by atoms with Crippen LogP contribution in [-0.2, 0) is 28.6 Å². The van der Waals surface area contributed by atoms with E-state index in [4.69, 9.17) is 14.2 Å². The smallest absolute Gasteiger partial charge is 0.306 e. The molecule has 0 aromatic carbocycles. The Morgan fingerprint density at radius 3 is 1.16 bits per heavy atom. The third-order valence-corrected chi connectivity index (χ3v) is 8.86. The van der Waals surface area contributed by atoms with Gasteiger partial charge >= 0.3 is 17.9 Å². The number of carbonyl (C=O) groups excluding carboxylic acids is 3. The number of esters is 3. The van der Waals surface area contributed by atoms with Crippen molar-refractivity contribution in [1.29, 1.82) is 0 Å². The van der Waals surface area contributed by atoms with Crippen LogP contribution in [0.15, 0.2) is 48.6 Å². The molecule has 0 saturated heterocycles. The largest absolute Gasteiger partial charge is 0.462 e. The van der Waals surface area contributed by atoms with E-state index in [1.807, 2.05) is 12.2 Å². The molecule has 0 aliphatic rings. The summed E-state index contributed by atoms with van der Waals surface area (Å²) in [4.78, 5) is 37.4. The van der Waals surface area contributed by atoms with Crippen LogP contribution >= 0.6 is 0 Å². The summed E-state index contributed by atoms with van der Waals surface area (Å²) in [6, 6.07) is 0. The Morgan fingerprint density at radius 2 is 0.765 bits per heavy atom. The van der Waals surface area contributed by atoms with Gasteiger partial charge in [-0.25, -0.2) is 0 Å². The van der Waals surface area contributed by atoms with E-state index in [1.54, 1.807) is 0 Å². The van der Waals surface area contributed by atoms with Crippen molar-refractivity contribution in [1.82, 2.24) is 0 Å². The molecule has 0 saturated carbocycles. The minimum Gasteiger partial charge on any atom is -0.462 e. The number of ether oxygens (including phenoxy) is 3. The molecule has 6 heteroatoms. The SMILES string of the molecule is CC/C=C\C/C=C\C/C=C\C/C=C\CCC(=O)OC(COC(=O)CCCCCCCC)COC(=O)CCCCCCCCCCCCCCCC. The Kier molecular flexibility index (Phi) is 38.1. The molecule has 0 amide bonds. The summed E-state index contributed by atoms with van der Waals surface area (Å²) in [6.07, 6.45) is 45.5. The fourth-order valence-corrected chi connectivity index (χ4v) is 5.69. The Labute approximate surface area is 314 Å². The third-order valence-electron chi connectivity index (χ3n) is 8.86. The molecule has 1 atom stereocenters. The molecule has 6 nitrogen and oxygen atoms in total. The van der Waals surface area contributed by atoms with E-state index in [2.05, 4.69) is 57.2 Å². The summed E-state index contributed by atoms with van der Waals surface area (Å²) in [5.41, 5.74) is 0. The molecule has 51 heavy (non-hydrogen) atoms. The number of rotatable bonds is 37. The first-order valence-electron chi connectivity index (χ1n) is 21.1. The number of carbonyl (C=O) groups is 3. The minimum atomic E-state index is -0.802. The summed E-state index contributed by atoms with van der Waals surface area (Å²) >= 11 is 0. The Hall–Kier alpha value is -2.63. The van der Waals surface area contributed by atoms with Gasteiger partial charge in [0.2, 0.25) is 0 Å². The van der Waals surface area contributed by atoms with Gasteiger partial charge in [0, 0.05) is 19.3 Å². The van der Waals surface area contributed by atoms with Gasteiger partial charge in [0.1, 0.15) is 13.2 Å². The molecule has 0 aromatic rings. The first-order valence-corrected chi connectivity index (χ1v) is 21.1. The van der Waals surface area contributed by atoms with Crippen LogP contribution in [0.25, 0.3) is 0 Å². The van der Waals surface area contributed by atoms with Crippen LogP contribution < -0.4 is 0 Å². The van der Waals surface area contributed by atoms with Crippen LogP contribution in [0.1, 0.15) is 201 Å². The molecular formula is C45H78O6. The van der Waals surface area contributed by atoms with Gasteiger partial charge in [0.15, 0.2) is 6.10 Å². The molecular weight excluding hydrogens is 636 g/mol. The van der Waals surface area contributed by atoms with Crippen LogP contribution in [-0.4, -0.2) is 37.2 Å². The standard InChI is InChI=1S/C45H78O6/c1-4-7-10-13-16-18-20-22-24-25-27-29-32-35-38-44(47)50-41-42(40-49-43(46)37-34-31-15-12-9-6-3)51-45(48)39-36-33-30-28-26-23-21-19-17-14-11-8-5-2/h8,11,17,19,23,26,30,33,42H,4-7,9-10,12-16,18,20-22,24-25,27-29,31-32,34-41H2,1-3H3/b11-8-,19-17-,26-23-,33-30-. The zero-order chi connectivity index (χ0) is 37.3. The van der Waals surface area contributed by atoms with Crippen molar-refractivity contribution >= 4 is 17.9 Å². The fraction of sp³-hybridized carbons (Fsp3) is 0.756. The minimum absolute atomic E-state index is 0.0998. The van der Waals surface area contributed by atoms with Crippen molar-refractivity contribution in [3.63, 3.8) is 0 Å². The lowest BCUT2D eigenvalue weighted by molar-refractivity contribution is -0.166. The predicted molar refractivity (Wildman–Crippen MR) is 215 cm³/mol. The van der Waals surface area contributed by atoms with E-state index in [9.17, 15) is 14.4 Å². The van der Waals surface area contributed by atoms with Crippen molar-refractivity contribution < 1.29 is 28.6 Å². The topological polar surface area (TPSA) is 78.9 Å². The van der Waals surface area contributed by atoms with Gasteiger partial charge in [-0.05, 0) is 44.9 Å². The monoisotopic (exact) mass is 715 g/mol. The van der Waals surface area contributed by atoms with E-state index in [0.717, 1.165) is 64.2 Å². The molecule has 0 N–H and O–H groups in total. The molecule has 0 fully saturated rings. The molecule has 0 aromatic heterocycles. The van der Waals surface area contributed by atoms with Crippen LogP contribution in [0.3, 0.4) is 0 Å². The first kappa shape index (κ1) is 48.4. The quantitative estimate of drug-likeness (QED) is 0.0276. The molecule has 294 valence electrons. The number of allylic oxidation sites excluding steroid dienone is 8. The van der Waals surface area contributed by atoms with Crippen LogP contribution in [0.5, 0.6) is 0 Å². The van der Waals surface area contributed by atoms with Gasteiger partial charge < -0.3 is 14.2 Å². The second-order valence-corrected chi connectivity index (χ2v) is 13.9. The molecule has 0 spiro atoms. The first-order chi connectivity index (χ1) is 25.0. The highest BCUT2D eigenvalue weighted by Crippen LogP contribution is 2.14. The molecule has 1 unspecified atom stereocenters. The molecule has 0 aliphatic carbocycles. The second-order valence-electron chi connectivity index (χ2n) is 13.9. The number of unbranched alkanes of at least 4 members (excludes halogenated alkanes) is 18. The van der Waals surface area contributed by atoms with E-state index in [0.29, 0.717) is 19.3 Å². The highest BCUT2D eigenvalue weighted by molar-refractivity contribution is 5.71. The number of hydrogen-bond acceptors (Lipinski definition) is 6. The average Bonchev–Trinajstić information content (AvgIpc) is 3.13. The van der Waals surface area contributed by atoms with Gasteiger partial charge in [-0.15, -0.1) is 0 Å². The summed E-state index contributed by atoms with van der Waals surface area (Å²) in [5, 5.41) is 0. The van der Waals surface area contributed by atoms with Crippen molar-refractivity contribution in [2.45, 2.75) is 207 Å². The van der Waals surface area contributed by atoms with Gasteiger partial charge in [0.05, 0.1) is 0 Å². The molecule has 0 bridgehead atoms. The lowest BCUT2D eigenvalue weighted by Gasteiger charge is -2.18. The van der Waals surface area contributed by atoms with Crippen LogP contribution in [0.2, 0.25) is 0 Å². The summed E-state index contributed by atoms with van der Waals surface area (Å²) in [5.74, 6) is -0.995. The van der Waals surface area contributed by atoms with Crippen LogP contribution in [0.4, 0.5) is 0 Å².